The lowest BCUT2D eigenvalue weighted by Gasteiger charge is -2.43. The van der Waals surface area contributed by atoms with Gasteiger partial charge in [0.2, 0.25) is 0 Å². The molecule has 1 rings (SSSR count). The van der Waals surface area contributed by atoms with Crippen LogP contribution in [0.2, 0.25) is 0 Å². The molecular formula is C18H28O6. The number of hydrogen-bond donors (Lipinski definition) is 0. The molecule has 0 aromatic carbocycles. The van der Waals surface area contributed by atoms with Gasteiger partial charge in [0, 0.05) is 5.41 Å². The van der Waals surface area contributed by atoms with Crippen molar-refractivity contribution in [3.8, 4) is 0 Å². The van der Waals surface area contributed by atoms with E-state index in [4.69, 9.17) is 14.2 Å². The van der Waals surface area contributed by atoms with E-state index in [-0.39, 0.29) is 25.2 Å². The number of methoxy groups -OCH3 is 3. The highest BCUT2D eigenvalue weighted by Gasteiger charge is 2.55. The minimum atomic E-state index is -1.41. The van der Waals surface area contributed by atoms with Crippen LogP contribution in [0, 0.1) is 10.8 Å². The predicted molar refractivity (Wildman–Crippen MR) is 88.0 cm³/mol. The van der Waals surface area contributed by atoms with Gasteiger partial charge >= 0.3 is 17.9 Å². The van der Waals surface area contributed by atoms with Crippen molar-refractivity contribution in [1.82, 2.24) is 0 Å². The molecule has 1 aliphatic rings. The molecule has 0 N–H and O–H groups in total. The second-order valence-electron chi connectivity index (χ2n) is 6.59. The molecule has 0 radical (unpaired) electrons. The van der Waals surface area contributed by atoms with Crippen LogP contribution in [0.15, 0.2) is 11.6 Å². The summed E-state index contributed by atoms with van der Waals surface area (Å²) < 4.78 is 14.6. The SMILES string of the molecule is CCCCC1=CCC(C(=O)OC)(C(=O)OC)CC1(C)CC(=O)OC. The second kappa shape index (κ2) is 8.31. The molecule has 6 heteroatoms. The van der Waals surface area contributed by atoms with Crippen LogP contribution in [-0.2, 0) is 28.6 Å². The van der Waals surface area contributed by atoms with Gasteiger partial charge in [0.1, 0.15) is 0 Å². The van der Waals surface area contributed by atoms with Crippen LogP contribution in [0.4, 0.5) is 0 Å². The van der Waals surface area contributed by atoms with Gasteiger partial charge in [0.15, 0.2) is 5.41 Å². The van der Waals surface area contributed by atoms with Crippen molar-refractivity contribution >= 4 is 17.9 Å². The lowest BCUT2D eigenvalue weighted by molar-refractivity contribution is -0.173. The van der Waals surface area contributed by atoms with Gasteiger partial charge in [-0.1, -0.05) is 31.9 Å². The van der Waals surface area contributed by atoms with Crippen molar-refractivity contribution in [3.05, 3.63) is 11.6 Å². The number of ether oxygens (including phenoxy) is 3. The third kappa shape index (κ3) is 3.97. The van der Waals surface area contributed by atoms with Crippen LogP contribution in [-0.4, -0.2) is 39.2 Å². The van der Waals surface area contributed by atoms with E-state index in [9.17, 15) is 14.4 Å². The van der Waals surface area contributed by atoms with Gasteiger partial charge < -0.3 is 14.2 Å². The first-order chi connectivity index (χ1) is 11.3. The molecule has 0 aromatic rings. The van der Waals surface area contributed by atoms with Gasteiger partial charge in [0.05, 0.1) is 27.8 Å². The average molecular weight is 340 g/mol. The Hall–Kier alpha value is -1.85. The number of carbonyl (C=O) groups is 3. The summed E-state index contributed by atoms with van der Waals surface area (Å²) in [5.41, 5.74) is -0.983. The van der Waals surface area contributed by atoms with Gasteiger partial charge in [-0.3, -0.25) is 14.4 Å². The molecule has 1 atom stereocenters. The first kappa shape index (κ1) is 20.2. The van der Waals surface area contributed by atoms with Crippen molar-refractivity contribution in [2.75, 3.05) is 21.3 Å². The van der Waals surface area contributed by atoms with E-state index in [1.807, 2.05) is 13.0 Å². The third-order valence-corrected chi connectivity index (χ3v) is 4.88. The van der Waals surface area contributed by atoms with Crippen molar-refractivity contribution in [2.24, 2.45) is 10.8 Å². The Morgan fingerprint density at radius 2 is 1.67 bits per heavy atom. The topological polar surface area (TPSA) is 78.9 Å². The fourth-order valence-electron chi connectivity index (χ4n) is 3.52. The van der Waals surface area contributed by atoms with Gasteiger partial charge in [-0.05, 0) is 25.7 Å². The summed E-state index contributed by atoms with van der Waals surface area (Å²) in [7, 11) is 3.83. The largest absolute Gasteiger partial charge is 0.469 e. The zero-order chi connectivity index (χ0) is 18.4. The third-order valence-electron chi connectivity index (χ3n) is 4.88. The summed E-state index contributed by atoms with van der Waals surface area (Å²) in [6, 6.07) is 0. The molecule has 24 heavy (non-hydrogen) atoms. The number of esters is 3. The van der Waals surface area contributed by atoms with E-state index in [2.05, 4.69) is 6.92 Å². The van der Waals surface area contributed by atoms with Crippen LogP contribution in [0.3, 0.4) is 0 Å². The molecule has 136 valence electrons. The summed E-state index contributed by atoms with van der Waals surface area (Å²) in [5.74, 6) is -1.63. The molecule has 0 saturated carbocycles. The average Bonchev–Trinajstić information content (AvgIpc) is 2.58. The molecule has 0 spiro atoms. The first-order valence-electron chi connectivity index (χ1n) is 8.22. The van der Waals surface area contributed by atoms with E-state index < -0.39 is 22.8 Å². The highest BCUT2D eigenvalue weighted by Crippen LogP contribution is 2.51. The number of rotatable bonds is 7. The summed E-state index contributed by atoms with van der Waals surface area (Å²) in [4.78, 5) is 36.7. The molecule has 0 amide bonds. The van der Waals surface area contributed by atoms with Gasteiger partial charge in [-0.25, -0.2) is 0 Å². The van der Waals surface area contributed by atoms with Gasteiger partial charge in [-0.2, -0.15) is 0 Å². The molecule has 0 saturated heterocycles. The highest BCUT2D eigenvalue weighted by molar-refractivity contribution is 6.00. The summed E-state index contributed by atoms with van der Waals surface area (Å²) >= 11 is 0. The minimum Gasteiger partial charge on any atom is -0.469 e. The van der Waals surface area contributed by atoms with E-state index in [0.29, 0.717) is 0 Å². The predicted octanol–water partition coefficient (Wildman–Crippen LogP) is 2.80. The van der Waals surface area contributed by atoms with E-state index in [1.54, 1.807) is 0 Å². The molecule has 1 aliphatic carbocycles. The number of carbonyl (C=O) groups excluding carboxylic acids is 3. The molecule has 6 nitrogen and oxygen atoms in total. The normalized spacial score (nSPS) is 22.3. The maximum atomic E-state index is 12.4. The maximum Gasteiger partial charge on any atom is 0.323 e. The fraction of sp³-hybridized carbons (Fsp3) is 0.722. The first-order valence-corrected chi connectivity index (χ1v) is 8.22. The molecule has 0 aromatic heterocycles. The summed E-state index contributed by atoms with van der Waals surface area (Å²) in [5, 5.41) is 0. The Morgan fingerprint density at radius 3 is 2.12 bits per heavy atom. The monoisotopic (exact) mass is 340 g/mol. The standard InChI is InChI=1S/C18H28O6/c1-6-7-8-13-9-10-18(15(20)23-4,16(21)24-5)12-17(13,2)11-14(19)22-3/h9H,6-8,10-12H2,1-5H3. The van der Waals surface area contributed by atoms with Gasteiger partial charge in [0.25, 0.3) is 0 Å². The van der Waals surface area contributed by atoms with Crippen LogP contribution in [0.5, 0.6) is 0 Å². The highest BCUT2D eigenvalue weighted by atomic mass is 16.5. The molecular weight excluding hydrogens is 312 g/mol. The van der Waals surface area contributed by atoms with Crippen LogP contribution in [0.1, 0.15) is 52.4 Å². The summed E-state index contributed by atoms with van der Waals surface area (Å²) in [6.07, 6.45) is 5.22. The van der Waals surface area contributed by atoms with Crippen molar-refractivity contribution in [2.45, 2.75) is 52.4 Å². The van der Waals surface area contributed by atoms with Gasteiger partial charge in [-0.15, -0.1) is 0 Å². The minimum absolute atomic E-state index is 0.106. The Kier molecular flexibility index (Phi) is 6.99. The Morgan fingerprint density at radius 1 is 1.08 bits per heavy atom. The molecule has 0 heterocycles. The number of unbranched alkanes of at least 4 members (excludes halogenated alkanes) is 1. The van der Waals surface area contributed by atoms with Crippen molar-refractivity contribution in [3.63, 3.8) is 0 Å². The lowest BCUT2D eigenvalue weighted by atomic mass is 9.60. The van der Waals surface area contributed by atoms with E-state index >= 15 is 0 Å². The Bertz CT molecular complexity index is 506. The zero-order valence-corrected chi connectivity index (χ0v) is 15.3. The van der Waals surface area contributed by atoms with Crippen molar-refractivity contribution in [1.29, 1.82) is 0 Å². The van der Waals surface area contributed by atoms with Crippen LogP contribution < -0.4 is 0 Å². The fourth-order valence-corrected chi connectivity index (χ4v) is 3.52. The molecule has 0 fully saturated rings. The van der Waals surface area contributed by atoms with Crippen molar-refractivity contribution < 1.29 is 28.6 Å². The molecule has 1 unspecified atom stereocenters. The molecule has 0 aliphatic heterocycles. The summed E-state index contributed by atoms with van der Waals surface area (Å²) in [6.45, 7) is 3.99. The lowest BCUT2D eigenvalue weighted by Crippen LogP contribution is -2.48. The van der Waals surface area contributed by atoms with Crippen LogP contribution >= 0.6 is 0 Å². The number of hydrogen-bond acceptors (Lipinski definition) is 6. The quantitative estimate of drug-likeness (QED) is 0.307. The molecule has 0 bridgehead atoms. The number of allylic oxidation sites excluding steroid dienone is 2. The smallest absolute Gasteiger partial charge is 0.323 e. The maximum absolute atomic E-state index is 12.4. The van der Waals surface area contributed by atoms with Crippen LogP contribution in [0.25, 0.3) is 0 Å². The Balaban J connectivity index is 3.31. The van der Waals surface area contributed by atoms with E-state index in [1.165, 1.54) is 21.3 Å². The Labute approximate surface area is 143 Å². The van der Waals surface area contributed by atoms with E-state index in [0.717, 1.165) is 24.8 Å². The zero-order valence-electron chi connectivity index (χ0n) is 15.3. The second-order valence-corrected chi connectivity index (χ2v) is 6.59.